The first kappa shape index (κ1) is 13.9. The average molecular weight is 309 g/mol. The van der Waals surface area contributed by atoms with Gasteiger partial charge in [0.25, 0.3) is 0 Å². The first-order valence-corrected chi connectivity index (χ1v) is 8.56. The molecule has 2 aromatic rings. The minimum atomic E-state index is 0.847. The Hall–Kier alpha value is -1.05. The van der Waals surface area contributed by atoms with Crippen LogP contribution in [0.5, 0.6) is 0 Å². The number of rotatable bonds is 4. The molecule has 20 heavy (non-hydrogen) atoms. The lowest BCUT2D eigenvalue weighted by Gasteiger charge is -2.29. The van der Waals surface area contributed by atoms with E-state index < -0.39 is 0 Å². The Bertz CT molecular complexity index is 557. The largest absolute Gasteiger partial charge is 0.363 e. The number of piperidine rings is 1. The first-order chi connectivity index (χ1) is 9.74. The normalized spacial score (nSPS) is 17.5. The number of hydrogen-bond acceptors (Lipinski definition) is 7. The summed E-state index contributed by atoms with van der Waals surface area (Å²) in [7, 11) is 1.86. The van der Waals surface area contributed by atoms with Gasteiger partial charge in [-0.2, -0.15) is 0 Å². The summed E-state index contributed by atoms with van der Waals surface area (Å²) in [6, 6.07) is 0. The van der Waals surface area contributed by atoms with Crippen molar-refractivity contribution in [3.63, 3.8) is 0 Å². The summed E-state index contributed by atoms with van der Waals surface area (Å²) in [5, 5.41) is 14.2. The number of nitrogens with zero attached hydrogens (tertiary/aromatic N) is 4. The van der Waals surface area contributed by atoms with Crippen molar-refractivity contribution in [2.24, 2.45) is 5.92 Å². The van der Waals surface area contributed by atoms with Crippen LogP contribution in [0.1, 0.15) is 24.8 Å². The topological polar surface area (TPSA) is 53.9 Å². The van der Waals surface area contributed by atoms with Gasteiger partial charge in [0.15, 0.2) is 5.01 Å². The molecule has 1 saturated heterocycles. The number of likely N-dealkylation sites (tertiary alicyclic amines) is 1. The van der Waals surface area contributed by atoms with Gasteiger partial charge < -0.3 is 5.32 Å². The third-order valence-electron chi connectivity index (χ3n) is 3.64. The van der Waals surface area contributed by atoms with E-state index in [2.05, 4.69) is 32.3 Å². The molecule has 1 aliphatic heterocycles. The molecule has 1 fully saturated rings. The van der Waals surface area contributed by atoms with Crippen LogP contribution in [0.2, 0.25) is 0 Å². The zero-order valence-electron chi connectivity index (χ0n) is 11.8. The zero-order chi connectivity index (χ0) is 13.9. The SMILES string of the molecule is CNc1nnc(-c2cnc(CN3CCC(C)CC3)s2)s1. The molecule has 0 radical (unpaired) electrons. The molecule has 2 aromatic heterocycles. The molecule has 5 nitrogen and oxygen atoms in total. The molecule has 0 saturated carbocycles. The molecule has 0 atom stereocenters. The van der Waals surface area contributed by atoms with Gasteiger partial charge in [-0.05, 0) is 31.8 Å². The molecular weight excluding hydrogens is 290 g/mol. The molecule has 3 heterocycles. The summed E-state index contributed by atoms with van der Waals surface area (Å²) in [5.41, 5.74) is 0. The summed E-state index contributed by atoms with van der Waals surface area (Å²) < 4.78 is 0. The fourth-order valence-electron chi connectivity index (χ4n) is 2.32. The van der Waals surface area contributed by atoms with E-state index >= 15 is 0 Å². The zero-order valence-corrected chi connectivity index (χ0v) is 13.4. The van der Waals surface area contributed by atoms with Crippen molar-refractivity contribution < 1.29 is 0 Å². The van der Waals surface area contributed by atoms with E-state index in [-0.39, 0.29) is 0 Å². The van der Waals surface area contributed by atoms with Crippen LogP contribution < -0.4 is 5.32 Å². The Labute approximate surface area is 127 Å². The van der Waals surface area contributed by atoms with Gasteiger partial charge in [-0.15, -0.1) is 21.5 Å². The average Bonchev–Trinajstić information content (AvgIpc) is 3.10. The van der Waals surface area contributed by atoms with Crippen LogP contribution in [0.15, 0.2) is 6.20 Å². The predicted molar refractivity (Wildman–Crippen MR) is 84.2 cm³/mol. The molecule has 0 spiro atoms. The van der Waals surface area contributed by atoms with Crippen LogP contribution in [-0.2, 0) is 6.54 Å². The van der Waals surface area contributed by atoms with Crippen LogP contribution in [0, 0.1) is 5.92 Å². The van der Waals surface area contributed by atoms with Crippen molar-refractivity contribution in [2.45, 2.75) is 26.3 Å². The lowest BCUT2D eigenvalue weighted by Crippen LogP contribution is -2.32. The van der Waals surface area contributed by atoms with Crippen LogP contribution in [0.3, 0.4) is 0 Å². The Balaban J connectivity index is 1.64. The first-order valence-electron chi connectivity index (χ1n) is 6.93. The van der Waals surface area contributed by atoms with Crippen molar-refractivity contribution in [1.29, 1.82) is 0 Å². The molecule has 0 aromatic carbocycles. The van der Waals surface area contributed by atoms with Gasteiger partial charge in [-0.1, -0.05) is 18.3 Å². The van der Waals surface area contributed by atoms with Crippen molar-refractivity contribution >= 4 is 27.8 Å². The van der Waals surface area contributed by atoms with Gasteiger partial charge >= 0.3 is 0 Å². The van der Waals surface area contributed by atoms with Gasteiger partial charge in [-0.25, -0.2) is 4.98 Å². The Morgan fingerprint density at radius 2 is 2.10 bits per heavy atom. The molecule has 0 bridgehead atoms. The maximum atomic E-state index is 4.54. The van der Waals surface area contributed by atoms with E-state index in [9.17, 15) is 0 Å². The van der Waals surface area contributed by atoms with Crippen molar-refractivity contribution in [1.82, 2.24) is 20.1 Å². The Morgan fingerprint density at radius 3 is 2.80 bits per heavy atom. The molecule has 0 unspecified atom stereocenters. The number of nitrogens with one attached hydrogen (secondary N) is 1. The summed E-state index contributed by atoms with van der Waals surface area (Å²) >= 11 is 3.30. The number of thiazole rings is 1. The van der Waals surface area contributed by atoms with Gasteiger partial charge in [0.1, 0.15) is 5.01 Å². The van der Waals surface area contributed by atoms with Gasteiger partial charge in [0, 0.05) is 13.2 Å². The molecule has 0 amide bonds. The highest BCUT2D eigenvalue weighted by molar-refractivity contribution is 7.23. The van der Waals surface area contributed by atoms with Gasteiger partial charge in [0.2, 0.25) is 5.13 Å². The highest BCUT2D eigenvalue weighted by atomic mass is 32.1. The van der Waals surface area contributed by atoms with E-state index in [1.165, 1.54) is 30.9 Å². The molecule has 0 aliphatic carbocycles. The second kappa shape index (κ2) is 6.15. The summed E-state index contributed by atoms with van der Waals surface area (Å²) in [6.07, 6.45) is 4.53. The fourth-order valence-corrected chi connectivity index (χ4v) is 4.01. The van der Waals surface area contributed by atoms with Crippen molar-refractivity contribution in [3.8, 4) is 9.88 Å². The fraction of sp³-hybridized carbons (Fsp3) is 0.615. The van der Waals surface area contributed by atoms with Crippen LogP contribution in [-0.4, -0.2) is 40.2 Å². The highest BCUT2D eigenvalue weighted by Crippen LogP contribution is 2.31. The van der Waals surface area contributed by atoms with Gasteiger partial charge in [-0.3, -0.25) is 4.90 Å². The van der Waals surface area contributed by atoms with E-state index in [0.717, 1.165) is 27.5 Å². The standard InChI is InChI=1S/C13H19N5S2/c1-9-3-5-18(6-4-9)8-11-15-7-10(19-11)12-16-17-13(14-2)20-12/h7,9H,3-6,8H2,1-2H3,(H,14,17). The third kappa shape index (κ3) is 3.16. The van der Waals surface area contributed by atoms with E-state index in [4.69, 9.17) is 0 Å². The van der Waals surface area contributed by atoms with Crippen LogP contribution in [0.25, 0.3) is 9.88 Å². The monoisotopic (exact) mass is 309 g/mol. The molecule has 1 aliphatic rings. The summed E-state index contributed by atoms with van der Waals surface area (Å²) in [5.74, 6) is 0.875. The molecule has 108 valence electrons. The van der Waals surface area contributed by atoms with E-state index in [0.29, 0.717) is 0 Å². The summed E-state index contributed by atoms with van der Waals surface area (Å²) in [4.78, 5) is 8.15. The van der Waals surface area contributed by atoms with E-state index in [1.807, 2.05) is 13.2 Å². The minimum Gasteiger partial charge on any atom is -0.363 e. The van der Waals surface area contributed by atoms with Crippen LogP contribution >= 0.6 is 22.7 Å². The quantitative estimate of drug-likeness (QED) is 0.941. The van der Waals surface area contributed by atoms with Crippen molar-refractivity contribution in [3.05, 3.63) is 11.2 Å². The maximum Gasteiger partial charge on any atom is 0.205 e. The lowest BCUT2D eigenvalue weighted by molar-refractivity contribution is 0.185. The maximum absolute atomic E-state index is 4.54. The van der Waals surface area contributed by atoms with Gasteiger partial charge in [0.05, 0.1) is 11.4 Å². The molecule has 1 N–H and O–H groups in total. The second-order valence-corrected chi connectivity index (χ2v) is 7.33. The molecular formula is C13H19N5S2. The van der Waals surface area contributed by atoms with Crippen LogP contribution in [0.4, 0.5) is 5.13 Å². The smallest absolute Gasteiger partial charge is 0.205 e. The summed E-state index contributed by atoms with van der Waals surface area (Å²) in [6.45, 7) is 5.69. The highest BCUT2D eigenvalue weighted by Gasteiger charge is 2.17. The Kier molecular flexibility index (Phi) is 4.28. The number of aromatic nitrogens is 3. The van der Waals surface area contributed by atoms with Crippen molar-refractivity contribution in [2.75, 3.05) is 25.5 Å². The minimum absolute atomic E-state index is 0.847. The van der Waals surface area contributed by atoms with E-state index in [1.54, 1.807) is 22.7 Å². The number of anilines is 1. The second-order valence-electron chi connectivity index (χ2n) is 5.24. The molecule has 7 heteroatoms. The molecule has 3 rings (SSSR count). The lowest BCUT2D eigenvalue weighted by atomic mass is 9.99. The Morgan fingerprint density at radius 1 is 1.30 bits per heavy atom. The number of hydrogen-bond donors (Lipinski definition) is 1. The third-order valence-corrected chi connectivity index (χ3v) is 5.73. The predicted octanol–water partition coefficient (Wildman–Crippen LogP) is 2.94.